The van der Waals surface area contributed by atoms with E-state index in [9.17, 15) is 4.79 Å². The molecule has 3 N–H and O–H groups in total. The number of nitrogens with one attached hydrogen (secondary N) is 3. The van der Waals surface area contributed by atoms with Crippen molar-refractivity contribution >= 4 is 5.91 Å². The summed E-state index contributed by atoms with van der Waals surface area (Å²) in [6, 6.07) is 8.88. The number of rotatable bonds is 6. The molecule has 1 amide bonds. The van der Waals surface area contributed by atoms with Crippen LogP contribution in [0.5, 0.6) is 0 Å². The number of hydrogen-bond acceptors (Lipinski definition) is 4. The van der Waals surface area contributed by atoms with Crippen molar-refractivity contribution in [2.24, 2.45) is 5.92 Å². The minimum absolute atomic E-state index is 0.0820. The van der Waals surface area contributed by atoms with Crippen LogP contribution in [0.1, 0.15) is 57.1 Å². The number of carbonyl (C=O) groups excluding carboxylic acids is 1. The summed E-state index contributed by atoms with van der Waals surface area (Å²) in [6.07, 6.45) is 6.21. The maximum absolute atomic E-state index is 12.4. The van der Waals surface area contributed by atoms with Gasteiger partial charge in [-0.1, -0.05) is 51.0 Å². The lowest BCUT2D eigenvalue weighted by Crippen LogP contribution is -2.43. The van der Waals surface area contributed by atoms with Gasteiger partial charge in [-0.15, -0.1) is 0 Å². The van der Waals surface area contributed by atoms with E-state index in [1.165, 1.54) is 49.9 Å². The molecular weight excluding hydrogens is 324 g/mol. The number of hydrazine groups is 1. The van der Waals surface area contributed by atoms with Gasteiger partial charge in [-0.25, -0.2) is 5.43 Å². The number of nitrogens with zero attached hydrogens (tertiary/aromatic N) is 1. The smallest absolute Gasteiger partial charge is 0.238 e. The summed E-state index contributed by atoms with van der Waals surface area (Å²) in [5.74, 6) is 0.606. The molecule has 1 aromatic carbocycles. The molecule has 2 unspecified atom stereocenters. The van der Waals surface area contributed by atoms with Crippen LogP contribution < -0.4 is 16.2 Å². The Balaban J connectivity index is 1.48. The second-order valence-corrected chi connectivity index (χ2v) is 8.16. The Bertz CT molecular complexity index is 581. The van der Waals surface area contributed by atoms with E-state index in [-0.39, 0.29) is 11.9 Å². The molecule has 3 rings (SSSR count). The number of likely N-dealkylation sites (tertiary alicyclic amines) is 1. The fourth-order valence-electron chi connectivity index (χ4n) is 3.89. The van der Waals surface area contributed by atoms with E-state index in [0.29, 0.717) is 18.5 Å². The van der Waals surface area contributed by atoms with E-state index >= 15 is 0 Å². The summed E-state index contributed by atoms with van der Waals surface area (Å²) in [7, 11) is 0. The largest absolute Gasteiger partial charge is 0.351 e. The van der Waals surface area contributed by atoms with E-state index in [2.05, 4.69) is 59.2 Å². The molecule has 2 heterocycles. The molecule has 26 heavy (non-hydrogen) atoms. The lowest BCUT2D eigenvalue weighted by molar-refractivity contribution is -0.123. The Morgan fingerprint density at radius 2 is 1.88 bits per heavy atom. The van der Waals surface area contributed by atoms with Crippen LogP contribution in [0.15, 0.2) is 24.3 Å². The maximum Gasteiger partial charge on any atom is 0.238 e. The fourth-order valence-corrected chi connectivity index (χ4v) is 3.89. The van der Waals surface area contributed by atoms with Gasteiger partial charge in [-0.2, -0.15) is 0 Å². The number of carbonyl (C=O) groups is 1. The van der Waals surface area contributed by atoms with Gasteiger partial charge in [0, 0.05) is 19.1 Å². The molecule has 5 nitrogen and oxygen atoms in total. The number of amides is 1. The zero-order valence-corrected chi connectivity index (χ0v) is 16.3. The van der Waals surface area contributed by atoms with Gasteiger partial charge in [0.25, 0.3) is 0 Å². The molecule has 2 aliphatic rings. The van der Waals surface area contributed by atoms with Gasteiger partial charge >= 0.3 is 0 Å². The van der Waals surface area contributed by atoms with Gasteiger partial charge in [-0.3, -0.25) is 15.1 Å². The van der Waals surface area contributed by atoms with Crippen LogP contribution in [0.3, 0.4) is 0 Å². The highest BCUT2D eigenvalue weighted by molar-refractivity contribution is 5.82. The lowest BCUT2D eigenvalue weighted by atomic mass is 9.99. The van der Waals surface area contributed by atoms with Crippen LogP contribution >= 0.6 is 0 Å². The minimum atomic E-state index is -0.136. The Morgan fingerprint density at radius 1 is 1.15 bits per heavy atom. The third-order valence-electron chi connectivity index (χ3n) is 5.62. The first kappa shape index (κ1) is 19.3. The van der Waals surface area contributed by atoms with Gasteiger partial charge in [0.1, 0.15) is 6.04 Å². The summed E-state index contributed by atoms with van der Waals surface area (Å²) in [4.78, 5) is 15.0. The van der Waals surface area contributed by atoms with E-state index in [1.807, 2.05) is 0 Å². The number of hydrogen-bond donors (Lipinski definition) is 3. The SMILES string of the molecule is CC(C)C1CC(C(=O)NCc2cccc(CN3CCCCCC3)c2)NN1. The molecule has 0 saturated carbocycles. The summed E-state index contributed by atoms with van der Waals surface area (Å²) >= 11 is 0. The second kappa shape index (κ2) is 9.49. The van der Waals surface area contributed by atoms with Crippen LogP contribution in [0.2, 0.25) is 0 Å². The monoisotopic (exact) mass is 358 g/mol. The van der Waals surface area contributed by atoms with Crippen molar-refractivity contribution in [3.63, 3.8) is 0 Å². The highest BCUT2D eigenvalue weighted by atomic mass is 16.2. The molecule has 0 aromatic heterocycles. The Morgan fingerprint density at radius 3 is 2.58 bits per heavy atom. The first-order chi connectivity index (χ1) is 12.6. The quantitative estimate of drug-likeness (QED) is 0.732. The van der Waals surface area contributed by atoms with E-state index in [1.54, 1.807) is 0 Å². The van der Waals surface area contributed by atoms with E-state index < -0.39 is 0 Å². The van der Waals surface area contributed by atoms with E-state index in [0.717, 1.165) is 13.0 Å². The molecule has 2 saturated heterocycles. The molecule has 1 aromatic rings. The third-order valence-corrected chi connectivity index (χ3v) is 5.62. The molecule has 0 radical (unpaired) electrons. The first-order valence-corrected chi connectivity index (χ1v) is 10.2. The molecule has 0 aliphatic carbocycles. The average molecular weight is 359 g/mol. The molecule has 2 atom stereocenters. The van der Waals surface area contributed by atoms with Crippen molar-refractivity contribution in [2.75, 3.05) is 13.1 Å². The molecule has 5 heteroatoms. The van der Waals surface area contributed by atoms with Crippen molar-refractivity contribution < 1.29 is 4.79 Å². The normalized spacial score (nSPS) is 24.6. The van der Waals surface area contributed by atoms with Crippen molar-refractivity contribution in [3.8, 4) is 0 Å². The van der Waals surface area contributed by atoms with Gasteiger partial charge < -0.3 is 5.32 Å². The fraction of sp³-hybridized carbons (Fsp3) is 0.667. The van der Waals surface area contributed by atoms with Crippen LogP contribution in [-0.2, 0) is 17.9 Å². The molecule has 144 valence electrons. The standard InChI is InChI=1S/C21H34N4O/c1-16(2)19-13-20(24-23-19)21(26)22-14-17-8-7-9-18(12-17)15-25-10-5-3-4-6-11-25/h7-9,12,16,19-20,23-24H,3-6,10-11,13-15H2,1-2H3,(H,22,26). The molecule has 2 fully saturated rings. The summed E-state index contributed by atoms with van der Waals surface area (Å²) < 4.78 is 0. The van der Waals surface area contributed by atoms with Crippen molar-refractivity contribution in [1.82, 2.24) is 21.1 Å². The van der Waals surface area contributed by atoms with Crippen molar-refractivity contribution in [2.45, 2.75) is 71.1 Å². The first-order valence-electron chi connectivity index (χ1n) is 10.2. The Kier molecular flexibility index (Phi) is 7.06. The topological polar surface area (TPSA) is 56.4 Å². The maximum atomic E-state index is 12.4. The van der Waals surface area contributed by atoms with E-state index in [4.69, 9.17) is 0 Å². The zero-order valence-electron chi connectivity index (χ0n) is 16.3. The average Bonchev–Trinajstić information content (AvgIpc) is 3.00. The van der Waals surface area contributed by atoms with Crippen molar-refractivity contribution in [3.05, 3.63) is 35.4 Å². The Labute approximate surface area is 157 Å². The summed E-state index contributed by atoms with van der Waals surface area (Å²) in [6.45, 7) is 8.38. The van der Waals surface area contributed by atoms with Crippen LogP contribution in [0.25, 0.3) is 0 Å². The Hall–Kier alpha value is -1.43. The predicted molar refractivity (Wildman–Crippen MR) is 105 cm³/mol. The van der Waals surface area contributed by atoms with Crippen LogP contribution in [-0.4, -0.2) is 36.0 Å². The summed E-state index contributed by atoms with van der Waals surface area (Å²) in [5, 5.41) is 3.09. The molecule has 0 bridgehead atoms. The molecule has 2 aliphatic heterocycles. The zero-order chi connectivity index (χ0) is 18.4. The van der Waals surface area contributed by atoms with Gasteiger partial charge in [0.15, 0.2) is 0 Å². The van der Waals surface area contributed by atoms with Gasteiger partial charge in [0.2, 0.25) is 5.91 Å². The highest BCUT2D eigenvalue weighted by Crippen LogP contribution is 2.15. The summed E-state index contributed by atoms with van der Waals surface area (Å²) in [5.41, 5.74) is 8.88. The lowest BCUT2D eigenvalue weighted by Gasteiger charge is -2.20. The van der Waals surface area contributed by atoms with Crippen molar-refractivity contribution in [1.29, 1.82) is 0 Å². The predicted octanol–water partition coefficient (Wildman–Crippen LogP) is 2.57. The van der Waals surface area contributed by atoms with Crippen LogP contribution in [0.4, 0.5) is 0 Å². The van der Waals surface area contributed by atoms with Gasteiger partial charge in [0.05, 0.1) is 0 Å². The second-order valence-electron chi connectivity index (χ2n) is 8.16. The van der Waals surface area contributed by atoms with Crippen LogP contribution in [0, 0.1) is 5.92 Å². The highest BCUT2D eigenvalue weighted by Gasteiger charge is 2.30. The molecular formula is C21H34N4O. The minimum Gasteiger partial charge on any atom is -0.351 e. The number of benzene rings is 1. The third kappa shape index (κ3) is 5.53. The molecule has 0 spiro atoms. The van der Waals surface area contributed by atoms with Gasteiger partial charge in [-0.05, 0) is 49.4 Å².